The zero-order valence-corrected chi connectivity index (χ0v) is 12.0. The quantitative estimate of drug-likeness (QED) is 0.896. The molecule has 0 fully saturated rings. The van der Waals surface area contributed by atoms with E-state index in [0.717, 1.165) is 17.3 Å². The molecule has 1 N–H and O–H groups in total. The standard InChI is InChI=1S/C15H21N3O/c1-11(2)19-13-5-6-14(12(3)9-13)17-10-15-16-7-8-18(15)4/h5-9,11,17H,10H2,1-4H3. The van der Waals surface area contributed by atoms with Gasteiger partial charge in [-0.3, -0.25) is 0 Å². The van der Waals surface area contributed by atoms with Crippen LogP contribution in [0.15, 0.2) is 30.6 Å². The van der Waals surface area contributed by atoms with Gasteiger partial charge in [-0.25, -0.2) is 4.98 Å². The molecule has 0 bridgehead atoms. The van der Waals surface area contributed by atoms with Crippen molar-refractivity contribution in [3.8, 4) is 5.75 Å². The molecule has 4 heteroatoms. The molecule has 0 aliphatic rings. The van der Waals surface area contributed by atoms with Crippen LogP contribution < -0.4 is 10.1 Å². The fourth-order valence-corrected chi connectivity index (χ4v) is 1.92. The Kier molecular flexibility index (Phi) is 4.10. The highest BCUT2D eigenvalue weighted by Gasteiger charge is 2.04. The molecule has 0 aliphatic carbocycles. The number of benzene rings is 1. The van der Waals surface area contributed by atoms with Crippen molar-refractivity contribution in [2.24, 2.45) is 7.05 Å². The van der Waals surface area contributed by atoms with Crippen LogP contribution in [0, 0.1) is 6.92 Å². The smallest absolute Gasteiger partial charge is 0.127 e. The topological polar surface area (TPSA) is 39.1 Å². The first-order chi connectivity index (χ1) is 9.06. The Morgan fingerprint density at radius 1 is 1.37 bits per heavy atom. The molecule has 2 rings (SSSR count). The Hall–Kier alpha value is -1.97. The highest BCUT2D eigenvalue weighted by Crippen LogP contribution is 2.22. The van der Waals surface area contributed by atoms with E-state index in [9.17, 15) is 0 Å². The zero-order chi connectivity index (χ0) is 13.8. The number of imidazole rings is 1. The lowest BCUT2D eigenvalue weighted by Gasteiger charge is -2.13. The summed E-state index contributed by atoms with van der Waals surface area (Å²) in [5.74, 6) is 1.93. The van der Waals surface area contributed by atoms with Gasteiger partial charge in [0, 0.05) is 25.1 Å². The second-order valence-electron chi connectivity index (χ2n) is 4.95. The van der Waals surface area contributed by atoms with Gasteiger partial charge in [-0.15, -0.1) is 0 Å². The van der Waals surface area contributed by atoms with Gasteiger partial charge in [0.2, 0.25) is 0 Å². The second-order valence-corrected chi connectivity index (χ2v) is 4.95. The van der Waals surface area contributed by atoms with Crippen LogP contribution in [-0.4, -0.2) is 15.7 Å². The van der Waals surface area contributed by atoms with Crippen LogP contribution in [0.25, 0.3) is 0 Å². The minimum atomic E-state index is 0.200. The van der Waals surface area contributed by atoms with E-state index < -0.39 is 0 Å². The van der Waals surface area contributed by atoms with Crippen LogP contribution in [0.3, 0.4) is 0 Å². The van der Waals surface area contributed by atoms with Crippen LogP contribution >= 0.6 is 0 Å². The van der Waals surface area contributed by atoms with E-state index in [0.29, 0.717) is 6.54 Å². The molecule has 0 saturated heterocycles. The lowest BCUT2D eigenvalue weighted by Crippen LogP contribution is -2.08. The molecule has 0 saturated carbocycles. The van der Waals surface area contributed by atoms with Crippen LogP contribution in [0.1, 0.15) is 25.2 Å². The van der Waals surface area contributed by atoms with Gasteiger partial charge >= 0.3 is 0 Å². The summed E-state index contributed by atoms with van der Waals surface area (Å²) in [6.45, 7) is 6.85. The maximum absolute atomic E-state index is 5.68. The highest BCUT2D eigenvalue weighted by atomic mass is 16.5. The van der Waals surface area contributed by atoms with Gasteiger partial charge in [0.15, 0.2) is 0 Å². The second kappa shape index (κ2) is 5.78. The molecular weight excluding hydrogens is 238 g/mol. The number of anilines is 1. The minimum Gasteiger partial charge on any atom is -0.491 e. The van der Waals surface area contributed by atoms with Crippen molar-refractivity contribution < 1.29 is 4.74 Å². The first kappa shape index (κ1) is 13.5. The van der Waals surface area contributed by atoms with Gasteiger partial charge in [-0.05, 0) is 44.5 Å². The van der Waals surface area contributed by atoms with Crippen molar-refractivity contribution in [1.82, 2.24) is 9.55 Å². The van der Waals surface area contributed by atoms with Gasteiger partial charge in [0.1, 0.15) is 11.6 Å². The lowest BCUT2D eigenvalue weighted by atomic mass is 10.2. The van der Waals surface area contributed by atoms with Crippen molar-refractivity contribution in [2.75, 3.05) is 5.32 Å². The molecule has 0 spiro atoms. The summed E-state index contributed by atoms with van der Waals surface area (Å²) < 4.78 is 7.69. The first-order valence-corrected chi connectivity index (χ1v) is 6.53. The van der Waals surface area contributed by atoms with Crippen molar-refractivity contribution in [2.45, 2.75) is 33.4 Å². The van der Waals surface area contributed by atoms with Crippen LogP contribution in [0.5, 0.6) is 5.75 Å². The fourth-order valence-electron chi connectivity index (χ4n) is 1.92. The van der Waals surface area contributed by atoms with E-state index >= 15 is 0 Å². The number of hydrogen-bond donors (Lipinski definition) is 1. The number of aromatic nitrogens is 2. The number of aryl methyl sites for hydroxylation is 2. The molecule has 102 valence electrons. The van der Waals surface area contributed by atoms with Crippen LogP contribution in [-0.2, 0) is 13.6 Å². The zero-order valence-electron chi connectivity index (χ0n) is 12.0. The predicted molar refractivity (Wildman–Crippen MR) is 77.5 cm³/mol. The molecule has 19 heavy (non-hydrogen) atoms. The van der Waals surface area contributed by atoms with Crippen LogP contribution in [0.2, 0.25) is 0 Å². The van der Waals surface area contributed by atoms with Gasteiger partial charge in [-0.1, -0.05) is 0 Å². The Morgan fingerprint density at radius 3 is 2.74 bits per heavy atom. The number of ether oxygens (including phenoxy) is 1. The lowest BCUT2D eigenvalue weighted by molar-refractivity contribution is 0.242. The van der Waals surface area contributed by atoms with Crippen LogP contribution in [0.4, 0.5) is 5.69 Å². The average molecular weight is 259 g/mol. The van der Waals surface area contributed by atoms with E-state index in [-0.39, 0.29) is 6.10 Å². The third-order valence-corrected chi connectivity index (χ3v) is 2.93. The predicted octanol–water partition coefficient (Wildman–Crippen LogP) is 3.13. The van der Waals surface area contributed by atoms with E-state index in [1.807, 2.05) is 43.9 Å². The Labute approximate surface area is 114 Å². The van der Waals surface area contributed by atoms with Gasteiger partial charge in [0.25, 0.3) is 0 Å². The molecule has 0 amide bonds. The Balaban J connectivity index is 2.03. The molecule has 1 heterocycles. The van der Waals surface area contributed by atoms with Gasteiger partial charge in [0.05, 0.1) is 12.6 Å². The first-order valence-electron chi connectivity index (χ1n) is 6.53. The number of nitrogens with one attached hydrogen (secondary N) is 1. The van der Waals surface area contributed by atoms with Gasteiger partial charge in [-0.2, -0.15) is 0 Å². The van der Waals surface area contributed by atoms with Crippen molar-refractivity contribution in [3.05, 3.63) is 42.0 Å². The summed E-state index contributed by atoms with van der Waals surface area (Å²) in [6.07, 6.45) is 3.96. The molecule has 1 aromatic carbocycles. The molecular formula is C15H21N3O. The molecule has 0 aliphatic heterocycles. The summed E-state index contributed by atoms with van der Waals surface area (Å²) in [6, 6.07) is 6.10. The monoisotopic (exact) mass is 259 g/mol. The molecule has 0 unspecified atom stereocenters. The summed E-state index contributed by atoms with van der Waals surface area (Å²) in [5.41, 5.74) is 2.28. The largest absolute Gasteiger partial charge is 0.491 e. The molecule has 2 aromatic rings. The number of nitrogens with zero attached hydrogens (tertiary/aromatic N) is 2. The number of rotatable bonds is 5. The fraction of sp³-hybridized carbons (Fsp3) is 0.400. The third kappa shape index (κ3) is 3.50. The van der Waals surface area contributed by atoms with E-state index in [2.05, 4.69) is 29.4 Å². The normalized spacial score (nSPS) is 10.8. The summed E-state index contributed by atoms with van der Waals surface area (Å²) >= 11 is 0. The third-order valence-electron chi connectivity index (χ3n) is 2.93. The molecule has 0 atom stereocenters. The van der Waals surface area contributed by atoms with E-state index in [1.54, 1.807) is 0 Å². The molecule has 4 nitrogen and oxygen atoms in total. The number of hydrogen-bond acceptors (Lipinski definition) is 3. The highest BCUT2D eigenvalue weighted by molar-refractivity contribution is 5.53. The summed E-state index contributed by atoms with van der Waals surface area (Å²) in [4.78, 5) is 4.29. The van der Waals surface area contributed by atoms with E-state index in [1.165, 1.54) is 5.56 Å². The summed E-state index contributed by atoms with van der Waals surface area (Å²) in [7, 11) is 2.00. The van der Waals surface area contributed by atoms with E-state index in [4.69, 9.17) is 4.74 Å². The van der Waals surface area contributed by atoms with Gasteiger partial charge < -0.3 is 14.6 Å². The van der Waals surface area contributed by atoms with Crippen molar-refractivity contribution >= 4 is 5.69 Å². The Morgan fingerprint density at radius 2 is 2.16 bits per heavy atom. The molecule has 1 aromatic heterocycles. The maximum atomic E-state index is 5.68. The average Bonchev–Trinajstić information content (AvgIpc) is 2.73. The Bertz CT molecular complexity index is 546. The minimum absolute atomic E-state index is 0.200. The van der Waals surface area contributed by atoms with Crippen molar-refractivity contribution in [1.29, 1.82) is 0 Å². The maximum Gasteiger partial charge on any atom is 0.127 e. The molecule has 0 radical (unpaired) electrons. The van der Waals surface area contributed by atoms with Crippen molar-refractivity contribution in [3.63, 3.8) is 0 Å². The SMILES string of the molecule is Cc1cc(OC(C)C)ccc1NCc1nccn1C. The summed E-state index contributed by atoms with van der Waals surface area (Å²) in [5, 5.41) is 3.40.